The lowest BCUT2D eigenvalue weighted by molar-refractivity contribution is -0.112. The standard InChI is InChI=1S/C17H25N3/c1-11-4-13(18)20-14(19-11)17-7-12-5-15(2,9-17)8-16(3,6-12)10-17/h4,12H,5-10H2,1-3H3,(H2,18,19,20). The molecule has 5 rings (SSSR count). The molecule has 0 amide bonds. The summed E-state index contributed by atoms with van der Waals surface area (Å²) in [6.07, 6.45) is 8.00. The van der Waals surface area contributed by atoms with Crippen molar-refractivity contribution in [2.24, 2.45) is 16.7 Å². The van der Waals surface area contributed by atoms with Gasteiger partial charge < -0.3 is 5.73 Å². The van der Waals surface area contributed by atoms with Crippen LogP contribution in [0.4, 0.5) is 5.82 Å². The van der Waals surface area contributed by atoms with Gasteiger partial charge in [0.15, 0.2) is 0 Å². The Kier molecular flexibility index (Phi) is 2.24. The maximum absolute atomic E-state index is 5.99. The molecule has 1 heterocycles. The van der Waals surface area contributed by atoms with E-state index in [4.69, 9.17) is 10.7 Å². The van der Waals surface area contributed by atoms with Gasteiger partial charge in [0, 0.05) is 17.2 Å². The van der Waals surface area contributed by atoms with Gasteiger partial charge in [0.1, 0.15) is 11.6 Å². The Balaban J connectivity index is 1.84. The van der Waals surface area contributed by atoms with Crippen LogP contribution in [0.25, 0.3) is 0 Å². The normalized spacial score (nSPS) is 45.9. The summed E-state index contributed by atoms with van der Waals surface area (Å²) < 4.78 is 0. The van der Waals surface area contributed by atoms with E-state index in [1.165, 1.54) is 38.5 Å². The topological polar surface area (TPSA) is 51.8 Å². The van der Waals surface area contributed by atoms with Crippen LogP contribution in [-0.2, 0) is 5.41 Å². The maximum Gasteiger partial charge on any atom is 0.137 e. The first kappa shape index (κ1) is 12.6. The third-order valence-electron chi connectivity index (χ3n) is 5.97. The van der Waals surface area contributed by atoms with E-state index in [-0.39, 0.29) is 5.41 Å². The third-order valence-corrected chi connectivity index (χ3v) is 5.97. The van der Waals surface area contributed by atoms with Crippen molar-refractivity contribution in [3.05, 3.63) is 17.6 Å². The maximum atomic E-state index is 5.99. The van der Waals surface area contributed by atoms with Gasteiger partial charge in [-0.1, -0.05) is 13.8 Å². The molecule has 4 fully saturated rings. The van der Waals surface area contributed by atoms with E-state index in [9.17, 15) is 0 Å². The summed E-state index contributed by atoms with van der Waals surface area (Å²) in [5.74, 6) is 2.54. The number of nitrogen functional groups attached to an aromatic ring is 1. The molecule has 1 aromatic rings. The van der Waals surface area contributed by atoms with Crippen LogP contribution in [0, 0.1) is 23.7 Å². The molecule has 0 radical (unpaired) electrons. The number of nitrogens with zero attached hydrogens (tertiary/aromatic N) is 2. The highest BCUT2D eigenvalue weighted by Gasteiger charge is 2.61. The summed E-state index contributed by atoms with van der Waals surface area (Å²) in [6.45, 7) is 7.01. The molecule has 3 heteroatoms. The fraction of sp³-hybridized carbons (Fsp3) is 0.765. The monoisotopic (exact) mass is 271 g/mol. The SMILES string of the molecule is Cc1cc(N)nc(C23CC4CC(C)(CC(C)(C4)C2)C3)n1. The molecule has 0 aromatic carbocycles. The highest BCUT2D eigenvalue weighted by atomic mass is 15.0. The van der Waals surface area contributed by atoms with Gasteiger partial charge in [-0.2, -0.15) is 0 Å². The molecule has 4 aliphatic carbocycles. The lowest BCUT2D eigenvalue weighted by atomic mass is 9.40. The molecule has 0 spiro atoms. The van der Waals surface area contributed by atoms with Crippen molar-refractivity contribution in [1.82, 2.24) is 9.97 Å². The van der Waals surface area contributed by atoms with Gasteiger partial charge in [-0.05, 0) is 62.2 Å². The number of anilines is 1. The van der Waals surface area contributed by atoms with Gasteiger partial charge in [0.2, 0.25) is 0 Å². The minimum Gasteiger partial charge on any atom is -0.384 e. The zero-order valence-corrected chi connectivity index (χ0v) is 12.9. The molecular formula is C17H25N3. The molecular weight excluding hydrogens is 246 g/mol. The summed E-state index contributed by atoms with van der Waals surface area (Å²) >= 11 is 0. The Morgan fingerprint density at radius 2 is 1.70 bits per heavy atom. The number of hydrogen-bond acceptors (Lipinski definition) is 3. The van der Waals surface area contributed by atoms with Crippen molar-refractivity contribution in [3.8, 4) is 0 Å². The molecule has 20 heavy (non-hydrogen) atoms. The zero-order valence-electron chi connectivity index (χ0n) is 12.9. The smallest absolute Gasteiger partial charge is 0.137 e. The van der Waals surface area contributed by atoms with E-state index in [1.54, 1.807) is 0 Å². The Labute approximate surface area is 121 Å². The third kappa shape index (κ3) is 1.71. The van der Waals surface area contributed by atoms with E-state index in [2.05, 4.69) is 18.8 Å². The Bertz CT molecular complexity index is 541. The van der Waals surface area contributed by atoms with E-state index >= 15 is 0 Å². The molecule has 0 aliphatic heterocycles. The van der Waals surface area contributed by atoms with Gasteiger partial charge in [0.25, 0.3) is 0 Å². The number of aryl methyl sites for hydroxylation is 1. The van der Waals surface area contributed by atoms with E-state index < -0.39 is 0 Å². The first-order valence-corrected chi connectivity index (χ1v) is 7.92. The molecule has 2 atom stereocenters. The van der Waals surface area contributed by atoms with Crippen molar-refractivity contribution in [3.63, 3.8) is 0 Å². The predicted molar refractivity (Wildman–Crippen MR) is 80.3 cm³/mol. The first-order chi connectivity index (χ1) is 9.30. The number of hydrogen-bond donors (Lipinski definition) is 1. The lowest BCUT2D eigenvalue weighted by Crippen LogP contribution is -2.57. The largest absolute Gasteiger partial charge is 0.384 e. The zero-order chi connectivity index (χ0) is 14.2. The van der Waals surface area contributed by atoms with Gasteiger partial charge in [-0.3, -0.25) is 0 Å². The minimum atomic E-state index is 0.197. The molecule has 1 aromatic heterocycles. The fourth-order valence-corrected chi connectivity index (χ4v) is 6.53. The van der Waals surface area contributed by atoms with Crippen molar-refractivity contribution in [2.75, 3.05) is 5.73 Å². The van der Waals surface area contributed by atoms with E-state index in [0.29, 0.717) is 16.6 Å². The van der Waals surface area contributed by atoms with Crippen LogP contribution in [0.2, 0.25) is 0 Å². The van der Waals surface area contributed by atoms with Crippen LogP contribution in [0.15, 0.2) is 6.07 Å². The highest BCUT2D eigenvalue weighted by molar-refractivity contribution is 5.33. The van der Waals surface area contributed by atoms with E-state index in [0.717, 1.165) is 17.4 Å². The van der Waals surface area contributed by atoms with Crippen LogP contribution in [0.3, 0.4) is 0 Å². The Hall–Kier alpha value is -1.12. The van der Waals surface area contributed by atoms with Crippen LogP contribution in [0.5, 0.6) is 0 Å². The van der Waals surface area contributed by atoms with Gasteiger partial charge in [-0.25, -0.2) is 9.97 Å². The molecule has 4 aliphatic rings. The molecule has 2 N–H and O–H groups in total. The molecule has 3 nitrogen and oxygen atoms in total. The number of rotatable bonds is 1. The fourth-order valence-electron chi connectivity index (χ4n) is 6.53. The van der Waals surface area contributed by atoms with E-state index in [1.807, 2.05) is 13.0 Å². The number of nitrogens with two attached hydrogens (primary N) is 1. The van der Waals surface area contributed by atoms with Crippen molar-refractivity contribution in [1.29, 1.82) is 0 Å². The summed E-state index contributed by atoms with van der Waals surface area (Å²) in [7, 11) is 0. The molecule has 4 bridgehead atoms. The quantitative estimate of drug-likeness (QED) is 0.848. The second kappa shape index (κ2) is 3.55. The van der Waals surface area contributed by atoms with Crippen LogP contribution in [0.1, 0.15) is 63.9 Å². The summed E-state index contributed by atoms with van der Waals surface area (Å²) in [5, 5.41) is 0. The van der Waals surface area contributed by atoms with Crippen LogP contribution >= 0.6 is 0 Å². The number of aromatic nitrogens is 2. The predicted octanol–water partition coefficient (Wildman–Crippen LogP) is 3.62. The van der Waals surface area contributed by atoms with Crippen LogP contribution in [-0.4, -0.2) is 9.97 Å². The first-order valence-electron chi connectivity index (χ1n) is 7.92. The molecule has 108 valence electrons. The molecule has 4 saturated carbocycles. The van der Waals surface area contributed by atoms with Gasteiger partial charge in [-0.15, -0.1) is 0 Å². The van der Waals surface area contributed by atoms with Crippen molar-refractivity contribution >= 4 is 5.82 Å². The Morgan fingerprint density at radius 1 is 1.05 bits per heavy atom. The van der Waals surface area contributed by atoms with Crippen LogP contribution < -0.4 is 5.73 Å². The summed E-state index contributed by atoms with van der Waals surface area (Å²) in [4.78, 5) is 9.45. The van der Waals surface area contributed by atoms with Crippen molar-refractivity contribution in [2.45, 2.75) is 64.7 Å². The average Bonchev–Trinajstić information content (AvgIpc) is 2.22. The molecule has 2 unspecified atom stereocenters. The second-order valence-electron chi connectivity index (χ2n) is 8.67. The second-order valence-corrected chi connectivity index (χ2v) is 8.67. The minimum absolute atomic E-state index is 0.197. The summed E-state index contributed by atoms with van der Waals surface area (Å²) in [5.41, 5.74) is 8.20. The van der Waals surface area contributed by atoms with Crippen molar-refractivity contribution < 1.29 is 0 Å². The average molecular weight is 271 g/mol. The Morgan fingerprint density at radius 3 is 2.25 bits per heavy atom. The highest BCUT2D eigenvalue weighted by Crippen LogP contribution is 2.69. The van der Waals surface area contributed by atoms with Gasteiger partial charge in [0.05, 0.1) is 0 Å². The molecule has 0 saturated heterocycles. The van der Waals surface area contributed by atoms with Gasteiger partial charge >= 0.3 is 0 Å². The lowest BCUT2D eigenvalue weighted by Gasteiger charge is -2.64. The summed E-state index contributed by atoms with van der Waals surface area (Å²) in [6, 6.07) is 1.88.